The highest BCUT2D eigenvalue weighted by atomic mass is 16.6. The smallest absolute Gasteiger partial charge is 0.306 e. The van der Waals surface area contributed by atoms with Gasteiger partial charge in [-0.2, -0.15) is 0 Å². The molecule has 0 aromatic carbocycles. The Morgan fingerprint density at radius 3 is 0.895 bits per heavy atom. The Morgan fingerprint density at radius 1 is 0.276 bits per heavy atom. The Hall–Kier alpha value is -3.15. The van der Waals surface area contributed by atoms with Crippen LogP contribution >= 0.6 is 0 Å². The minimum Gasteiger partial charge on any atom is -0.462 e. The van der Waals surface area contributed by atoms with Gasteiger partial charge in [0.1, 0.15) is 13.2 Å². The molecule has 0 N–H and O–H groups in total. The quantitative estimate of drug-likeness (QED) is 0.0261. The van der Waals surface area contributed by atoms with Crippen LogP contribution in [0.2, 0.25) is 0 Å². The van der Waals surface area contributed by atoms with Gasteiger partial charge in [0, 0.05) is 19.3 Å². The Labute approximate surface area is 472 Å². The molecule has 0 bridgehead atoms. The van der Waals surface area contributed by atoms with Gasteiger partial charge in [-0.05, 0) is 77.0 Å². The summed E-state index contributed by atoms with van der Waals surface area (Å²) in [7, 11) is 0. The lowest BCUT2D eigenvalue weighted by atomic mass is 10.0. The fourth-order valence-corrected chi connectivity index (χ4v) is 9.52. The van der Waals surface area contributed by atoms with Crippen LogP contribution in [0.3, 0.4) is 0 Å². The number of esters is 3. The van der Waals surface area contributed by atoms with E-state index in [4.69, 9.17) is 14.2 Å². The average molecular weight is 1060 g/mol. The summed E-state index contributed by atoms with van der Waals surface area (Å²) in [5.41, 5.74) is 0. The van der Waals surface area contributed by atoms with Gasteiger partial charge >= 0.3 is 17.9 Å². The van der Waals surface area contributed by atoms with Gasteiger partial charge in [0.25, 0.3) is 0 Å². The van der Waals surface area contributed by atoms with E-state index in [0.29, 0.717) is 19.3 Å². The first-order chi connectivity index (χ1) is 37.5. The number of carbonyl (C=O) groups excluding carboxylic acids is 3. The molecule has 6 heteroatoms. The molecule has 440 valence electrons. The molecule has 0 aromatic heterocycles. The molecule has 0 aliphatic heterocycles. The third kappa shape index (κ3) is 61.7. The van der Waals surface area contributed by atoms with E-state index in [1.807, 2.05) is 0 Å². The van der Waals surface area contributed by atoms with Crippen LogP contribution in [0.5, 0.6) is 0 Å². The molecule has 0 spiro atoms. The summed E-state index contributed by atoms with van der Waals surface area (Å²) in [5.74, 6) is -0.955. The maximum Gasteiger partial charge on any atom is 0.306 e. The van der Waals surface area contributed by atoms with Gasteiger partial charge in [-0.15, -0.1) is 0 Å². The summed E-state index contributed by atoms with van der Waals surface area (Å²) in [6, 6.07) is 0. The lowest BCUT2D eigenvalue weighted by Gasteiger charge is -2.18. The third-order valence-corrected chi connectivity index (χ3v) is 14.4. The van der Waals surface area contributed by atoms with E-state index in [1.165, 1.54) is 199 Å². The predicted molar refractivity (Wildman–Crippen MR) is 330 cm³/mol. The van der Waals surface area contributed by atoms with Crippen LogP contribution in [0.4, 0.5) is 0 Å². The molecule has 76 heavy (non-hydrogen) atoms. The first kappa shape index (κ1) is 72.8. The molecule has 6 nitrogen and oxygen atoms in total. The topological polar surface area (TPSA) is 78.9 Å². The second-order valence-electron chi connectivity index (χ2n) is 22.0. The van der Waals surface area contributed by atoms with Crippen LogP contribution in [0.25, 0.3) is 0 Å². The van der Waals surface area contributed by atoms with E-state index in [0.717, 1.165) is 89.9 Å². The zero-order chi connectivity index (χ0) is 55.0. The van der Waals surface area contributed by atoms with Crippen molar-refractivity contribution in [3.05, 3.63) is 72.9 Å². The monoisotopic (exact) mass is 1060 g/mol. The minimum atomic E-state index is -0.807. The van der Waals surface area contributed by atoms with Crippen molar-refractivity contribution in [2.45, 2.75) is 341 Å². The van der Waals surface area contributed by atoms with Crippen LogP contribution < -0.4 is 0 Å². The number of unbranched alkanes of at least 4 members (excludes halogenated alkanes) is 37. The number of hydrogen-bond acceptors (Lipinski definition) is 6. The molecule has 0 radical (unpaired) electrons. The van der Waals surface area contributed by atoms with Gasteiger partial charge < -0.3 is 14.2 Å². The Kier molecular flexibility index (Phi) is 61.7. The molecule has 1 atom stereocenters. The Bertz CT molecular complexity index is 1400. The lowest BCUT2D eigenvalue weighted by Crippen LogP contribution is -2.30. The average Bonchev–Trinajstić information content (AvgIpc) is 3.42. The Balaban J connectivity index is 4.18. The zero-order valence-electron chi connectivity index (χ0n) is 50.5. The van der Waals surface area contributed by atoms with Crippen LogP contribution in [-0.4, -0.2) is 37.2 Å². The summed E-state index contributed by atoms with van der Waals surface area (Å²) in [5, 5.41) is 0. The number of allylic oxidation sites excluding steroid dienone is 12. The molecule has 0 heterocycles. The van der Waals surface area contributed by atoms with Crippen molar-refractivity contribution >= 4 is 17.9 Å². The number of carbonyl (C=O) groups is 3. The SMILES string of the molecule is CC/C=C\C/C=C\C/C=C\C/C=C\C/C=C\CCCC(=O)OC(COC(=O)CCCCCCC/C=C\CCCC)COC(=O)CCCCCCCCCCCCCCCCCCCCCCCCCCCCCCCC. The first-order valence-electron chi connectivity index (χ1n) is 32.9. The van der Waals surface area contributed by atoms with Gasteiger partial charge in [-0.3, -0.25) is 14.4 Å². The fourth-order valence-electron chi connectivity index (χ4n) is 9.52. The van der Waals surface area contributed by atoms with E-state index in [-0.39, 0.29) is 37.5 Å². The normalized spacial score (nSPS) is 12.5. The zero-order valence-corrected chi connectivity index (χ0v) is 50.5. The highest BCUT2D eigenvalue weighted by Gasteiger charge is 2.19. The standard InChI is InChI=1S/C70H124O6/c1-4-7-10-13-16-19-22-24-26-28-29-30-31-32-33-34-35-36-37-38-39-40-42-43-45-48-51-54-57-60-63-69(72)75-66-67(65-74-68(71)62-59-56-53-50-47-21-18-15-12-9-6-3)76-70(73)64-61-58-55-52-49-46-44-41-27-25-23-20-17-14-11-8-5-2/h8,11,15,17-18,20,25,27,44,46,52,55,67H,4-7,9-10,12-14,16,19,21-24,26,28-43,45,47-51,53-54,56-66H2,1-3H3/b11-8-,18-15-,20-17-,27-25-,46-44-,55-52-. The molecule has 0 aliphatic rings. The molecule has 0 saturated heterocycles. The number of ether oxygens (including phenoxy) is 3. The van der Waals surface area contributed by atoms with Crippen molar-refractivity contribution in [3.63, 3.8) is 0 Å². The summed E-state index contributed by atoms with van der Waals surface area (Å²) in [6.07, 6.45) is 83.8. The van der Waals surface area contributed by atoms with Gasteiger partial charge in [0.2, 0.25) is 0 Å². The second kappa shape index (κ2) is 64.4. The van der Waals surface area contributed by atoms with Crippen molar-refractivity contribution in [3.8, 4) is 0 Å². The predicted octanol–water partition coefficient (Wildman–Crippen LogP) is 22.5. The largest absolute Gasteiger partial charge is 0.462 e. The van der Waals surface area contributed by atoms with E-state index in [9.17, 15) is 14.4 Å². The molecule has 0 rings (SSSR count). The molecule has 0 fully saturated rings. The summed E-state index contributed by atoms with van der Waals surface area (Å²) in [4.78, 5) is 38.2. The van der Waals surface area contributed by atoms with Crippen molar-refractivity contribution in [2.24, 2.45) is 0 Å². The molecule has 0 saturated carbocycles. The van der Waals surface area contributed by atoms with Crippen molar-refractivity contribution in [2.75, 3.05) is 13.2 Å². The van der Waals surface area contributed by atoms with E-state index >= 15 is 0 Å². The number of hydrogen-bond donors (Lipinski definition) is 0. The molecule has 0 aliphatic carbocycles. The van der Waals surface area contributed by atoms with Crippen molar-refractivity contribution in [1.82, 2.24) is 0 Å². The minimum absolute atomic E-state index is 0.0981. The van der Waals surface area contributed by atoms with Crippen molar-refractivity contribution in [1.29, 1.82) is 0 Å². The summed E-state index contributed by atoms with van der Waals surface area (Å²) >= 11 is 0. The fraction of sp³-hybridized carbons (Fsp3) is 0.786. The van der Waals surface area contributed by atoms with Crippen LogP contribution in [0, 0.1) is 0 Å². The van der Waals surface area contributed by atoms with Gasteiger partial charge in [-0.25, -0.2) is 0 Å². The summed E-state index contributed by atoms with van der Waals surface area (Å²) in [6.45, 7) is 6.47. The number of rotatable bonds is 60. The molecule has 0 amide bonds. The second-order valence-corrected chi connectivity index (χ2v) is 22.0. The maximum absolute atomic E-state index is 12.8. The molecular weight excluding hydrogens is 937 g/mol. The Morgan fingerprint density at radius 2 is 0.539 bits per heavy atom. The highest BCUT2D eigenvalue weighted by molar-refractivity contribution is 5.71. The first-order valence-corrected chi connectivity index (χ1v) is 32.9. The van der Waals surface area contributed by atoms with Crippen LogP contribution in [0.1, 0.15) is 335 Å². The van der Waals surface area contributed by atoms with Crippen LogP contribution in [-0.2, 0) is 28.6 Å². The molecular formula is C70H124O6. The van der Waals surface area contributed by atoms with E-state index in [2.05, 4.69) is 93.7 Å². The maximum atomic E-state index is 12.8. The summed E-state index contributed by atoms with van der Waals surface area (Å²) < 4.78 is 16.8. The van der Waals surface area contributed by atoms with Gasteiger partial charge in [0.05, 0.1) is 0 Å². The van der Waals surface area contributed by atoms with E-state index < -0.39 is 6.10 Å². The molecule has 0 aromatic rings. The van der Waals surface area contributed by atoms with Gasteiger partial charge in [-0.1, -0.05) is 312 Å². The van der Waals surface area contributed by atoms with Crippen LogP contribution in [0.15, 0.2) is 72.9 Å². The molecule has 1 unspecified atom stereocenters. The third-order valence-electron chi connectivity index (χ3n) is 14.4. The van der Waals surface area contributed by atoms with Crippen molar-refractivity contribution < 1.29 is 28.6 Å². The van der Waals surface area contributed by atoms with Gasteiger partial charge in [0.15, 0.2) is 6.10 Å². The highest BCUT2D eigenvalue weighted by Crippen LogP contribution is 2.18. The van der Waals surface area contributed by atoms with E-state index in [1.54, 1.807) is 0 Å². The lowest BCUT2D eigenvalue weighted by molar-refractivity contribution is -0.167.